The van der Waals surface area contributed by atoms with Gasteiger partial charge in [0.1, 0.15) is 5.82 Å². The summed E-state index contributed by atoms with van der Waals surface area (Å²) >= 11 is 1.43. The van der Waals surface area contributed by atoms with Crippen molar-refractivity contribution in [2.45, 2.75) is 46.7 Å². The van der Waals surface area contributed by atoms with Gasteiger partial charge in [-0.15, -0.1) is 0 Å². The Hall–Kier alpha value is -3.39. The van der Waals surface area contributed by atoms with Gasteiger partial charge in [0.15, 0.2) is 5.17 Å². The first-order valence-corrected chi connectivity index (χ1v) is 12.4. The quantitative estimate of drug-likeness (QED) is 0.531. The Morgan fingerprint density at radius 2 is 1.97 bits per heavy atom. The Labute approximate surface area is 209 Å². The summed E-state index contributed by atoms with van der Waals surface area (Å²) in [5, 5.41) is 5.48. The molecule has 1 atom stereocenters. The van der Waals surface area contributed by atoms with Crippen molar-refractivity contribution in [1.29, 1.82) is 0 Å². The largest absolute Gasteiger partial charge is 0.463 e. The van der Waals surface area contributed by atoms with Crippen molar-refractivity contribution in [2.24, 2.45) is 4.99 Å². The van der Waals surface area contributed by atoms with Crippen LogP contribution >= 0.6 is 11.8 Å². The fourth-order valence-electron chi connectivity index (χ4n) is 4.34. The average Bonchev–Trinajstić information content (AvgIpc) is 3.19. The van der Waals surface area contributed by atoms with Crippen LogP contribution in [0.2, 0.25) is 0 Å². The average molecular weight is 494 g/mol. The summed E-state index contributed by atoms with van der Waals surface area (Å²) in [4.78, 5) is 32.5. The van der Waals surface area contributed by atoms with E-state index in [0.29, 0.717) is 22.0 Å². The number of benzene rings is 2. The standard InChI is InChI=1S/C27H28FN3O3S/c1-5-34-26(33)24-18(4)30-27-31(25(24)22-10-9-16(2)11-17(22)3)21(15-35-27)13-23(32)29-14-19-7-6-8-20(28)12-19/h6-12,15,25H,5,13-14H2,1-4H3,(H,29,32)/t25-/m0/s1. The van der Waals surface area contributed by atoms with Crippen molar-refractivity contribution in [3.05, 3.63) is 92.9 Å². The molecule has 4 rings (SSSR count). The minimum Gasteiger partial charge on any atom is -0.463 e. The van der Waals surface area contributed by atoms with Crippen LogP contribution in [-0.4, -0.2) is 28.6 Å². The molecule has 2 aromatic carbocycles. The van der Waals surface area contributed by atoms with Gasteiger partial charge in [-0.2, -0.15) is 0 Å². The Morgan fingerprint density at radius 1 is 1.17 bits per heavy atom. The van der Waals surface area contributed by atoms with Gasteiger partial charge in [0.25, 0.3) is 0 Å². The van der Waals surface area contributed by atoms with E-state index in [4.69, 9.17) is 4.74 Å². The third-order valence-electron chi connectivity index (χ3n) is 5.94. The predicted molar refractivity (Wildman–Crippen MR) is 136 cm³/mol. The summed E-state index contributed by atoms with van der Waals surface area (Å²) in [5.74, 6) is -0.957. The first-order valence-electron chi connectivity index (χ1n) is 11.5. The number of thioether (sulfide) groups is 1. The summed E-state index contributed by atoms with van der Waals surface area (Å²) in [6, 6.07) is 11.8. The summed E-state index contributed by atoms with van der Waals surface area (Å²) < 4.78 is 18.9. The molecule has 0 fully saturated rings. The molecular formula is C27H28FN3O3S. The normalized spacial score (nSPS) is 17.1. The molecule has 1 amide bonds. The van der Waals surface area contributed by atoms with Crippen molar-refractivity contribution in [3.8, 4) is 0 Å². The third kappa shape index (κ3) is 5.32. The van der Waals surface area contributed by atoms with Crippen LogP contribution < -0.4 is 5.32 Å². The second-order valence-corrected chi connectivity index (χ2v) is 9.39. The number of hydrogen-bond acceptors (Lipinski definition) is 6. The highest BCUT2D eigenvalue weighted by Crippen LogP contribution is 2.45. The molecule has 0 aromatic heterocycles. The van der Waals surface area contributed by atoms with E-state index in [9.17, 15) is 14.0 Å². The summed E-state index contributed by atoms with van der Waals surface area (Å²) in [5.41, 5.74) is 5.62. The predicted octanol–water partition coefficient (Wildman–Crippen LogP) is 5.29. The highest BCUT2D eigenvalue weighted by Gasteiger charge is 2.41. The first kappa shape index (κ1) is 24.7. The molecule has 2 aromatic rings. The number of aryl methyl sites for hydroxylation is 2. The molecule has 0 radical (unpaired) electrons. The fourth-order valence-corrected chi connectivity index (χ4v) is 5.31. The zero-order valence-electron chi connectivity index (χ0n) is 20.2. The molecule has 35 heavy (non-hydrogen) atoms. The van der Waals surface area contributed by atoms with E-state index in [1.165, 1.54) is 23.9 Å². The number of rotatable bonds is 7. The van der Waals surface area contributed by atoms with Gasteiger partial charge < -0.3 is 15.0 Å². The number of ether oxygens (including phenoxy) is 1. The lowest BCUT2D eigenvalue weighted by Crippen LogP contribution is -2.38. The third-order valence-corrected chi connectivity index (χ3v) is 6.83. The number of aliphatic imine (C=N–C) groups is 1. The molecule has 8 heteroatoms. The molecule has 0 spiro atoms. The zero-order chi connectivity index (χ0) is 25.1. The number of amidine groups is 1. The van der Waals surface area contributed by atoms with Crippen LogP contribution in [0, 0.1) is 19.7 Å². The number of hydrogen-bond donors (Lipinski definition) is 1. The number of esters is 1. The number of nitrogens with zero attached hydrogens (tertiary/aromatic N) is 2. The van der Waals surface area contributed by atoms with E-state index in [1.54, 1.807) is 19.1 Å². The zero-order valence-corrected chi connectivity index (χ0v) is 21.0. The summed E-state index contributed by atoms with van der Waals surface area (Å²) in [7, 11) is 0. The lowest BCUT2D eigenvalue weighted by molar-refractivity contribution is -0.139. The van der Waals surface area contributed by atoms with Gasteiger partial charge in [0, 0.05) is 12.2 Å². The van der Waals surface area contributed by atoms with E-state index in [1.807, 2.05) is 43.2 Å². The fraction of sp³-hybridized carbons (Fsp3) is 0.296. The van der Waals surface area contributed by atoms with Gasteiger partial charge >= 0.3 is 5.97 Å². The van der Waals surface area contributed by atoms with Crippen LogP contribution in [0.1, 0.15) is 48.6 Å². The van der Waals surface area contributed by atoms with Crippen LogP contribution in [0.15, 0.2) is 69.8 Å². The first-order chi connectivity index (χ1) is 16.8. The highest BCUT2D eigenvalue weighted by atomic mass is 32.2. The van der Waals surface area contributed by atoms with Gasteiger partial charge in [-0.25, -0.2) is 14.2 Å². The Kier molecular flexibility index (Phi) is 7.40. The van der Waals surface area contributed by atoms with Gasteiger partial charge in [-0.05, 0) is 61.9 Å². The molecule has 1 N–H and O–H groups in total. The molecule has 0 saturated carbocycles. The SMILES string of the molecule is CCOC(=O)C1=C(C)N=C2SC=C(CC(=O)NCc3cccc(F)c3)N2[C@H]1c1ccc(C)cc1C. The molecule has 2 aliphatic rings. The summed E-state index contributed by atoms with van der Waals surface area (Å²) in [6.07, 6.45) is 0.0951. The molecule has 2 heterocycles. The van der Waals surface area contributed by atoms with Crippen molar-refractivity contribution in [1.82, 2.24) is 10.2 Å². The van der Waals surface area contributed by atoms with Crippen molar-refractivity contribution < 1.29 is 18.7 Å². The Balaban J connectivity index is 1.63. The minimum atomic E-state index is -0.459. The van der Waals surface area contributed by atoms with E-state index < -0.39 is 12.0 Å². The maximum Gasteiger partial charge on any atom is 0.338 e. The molecule has 0 aliphatic carbocycles. The maximum atomic E-state index is 13.5. The van der Waals surface area contributed by atoms with E-state index in [0.717, 1.165) is 22.4 Å². The number of amides is 1. The van der Waals surface area contributed by atoms with Crippen LogP contribution in [0.3, 0.4) is 0 Å². The Bertz CT molecular complexity index is 1270. The van der Waals surface area contributed by atoms with E-state index in [-0.39, 0.29) is 31.3 Å². The smallest absolute Gasteiger partial charge is 0.338 e. The van der Waals surface area contributed by atoms with Gasteiger partial charge in [0.2, 0.25) is 5.91 Å². The molecule has 0 bridgehead atoms. The molecule has 0 saturated heterocycles. The summed E-state index contributed by atoms with van der Waals surface area (Å²) in [6.45, 7) is 8.12. The maximum absolute atomic E-state index is 13.5. The minimum absolute atomic E-state index is 0.0951. The number of nitrogens with one attached hydrogen (secondary N) is 1. The number of allylic oxidation sites excluding steroid dienone is 1. The lowest BCUT2D eigenvalue weighted by Gasteiger charge is -2.37. The highest BCUT2D eigenvalue weighted by molar-refractivity contribution is 8.16. The van der Waals surface area contributed by atoms with Crippen LogP contribution in [-0.2, 0) is 20.9 Å². The van der Waals surface area contributed by atoms with Crippen LogP contribution in [0.4, 0.5) is 4.39 Å². The lowest BCUT2D eigenvalue weighted by atomic mass is 9.90. The molecule has 0 unspecified atom stereocenters. The monoisotopic (exact) mass is 493 g/mol. The molecular weight excluding hydrogens is 465 g/mol. The van der Waals surface area contributed by atoms with Gasteiger partial charge in [-0.3, -0.25) is 4.79 Å². The van der Waals surface area contributed by atoms with Crippen molar-refractivity contribution in [2.75, 3.05) is 6.61 Å². The number of halogens is 1. The second-order valence-electron chi connectivity index (χ2n) is 8.56. The van der Waals surface area contributed by atoms with Crippen LogP contribution in [0.25, 0.3) is 0 Å². The van der Waals surface area contributed by atoms with Crippen molar-refractivity contribution in [3.63, 3.8) is 0 Å². The van der Waals surface area contributed by atoms with Crippen LogP contribution in [0.5, 0.6) is 0 Å². The second kappa shape index (κ2) is 10.5. The van der Waals surface area contributed by atoms with Gasteiger partial charge in [-0.1, -0.05) is 47.7 Å². The van der Waals surface area contributed by atoms with Crippen molar-refractivity contribution >= 4 is 28.8 Å². The Morgan fingerprint density at radius 3 is 2.69 bits per heavy atom. The molecule has 6 nitrogen and oxygen atoms in total. The number of fused-ring (bicyclic) bond motifs is 1. The number of carbonyl (C=O) groups excluding carboxylic acids is 2. The topological polar surface area (TPSA) is 71.0 Å². The molecule has 2 aliphatic heterocycles. The van der Waals surface area contributed by atoms with Gasteiger partial charge in [0.05, 0.1) is 30.3 Å². The van der Waals surface area contributed by atoms with E-state index in [2.05, 4.69) is 16.4 Å². The van der Waals surface area contributed by atoms with E-state index >= 15 is 0 Å². The number of carbonyl (C=O) groups is 2. The molecule has 182 valence electrons.